The molecule has 0 atom stereocenters. The monoisotopic (exact) mass is 382 g/mol. The van der Waals surface area contributed by atoms with Crippen molar-refractivity contribution in [3.05, 3.63) is 26.6 Å². The molecule has 0 aromatic heterocycles. The lowest BCUT2D eigenvalue weighted by atomic mass is 10.2. The summed E-state index contributed by atoms with van der Waals surface area (Å²) in [4.78, 5) is 22.3. The second-order valence-corrected chi connectivity index (χ2v) is 5.34. The molecule has 17 heavy (non-hydrogen) atoms. The van der Waals surface area contributed by atoms with Gasteiger partial charge in [0.25, 0.3) is 0 Å². The average molecular weight is 384 g/mol. The molecule has 0 saturated carbocycles. The molecule has 0 aliphatic carbocycles. The van der Waals surface area contributed by atoms with E-state index >= 15 is 0 Å². The first-order valence-electron chi connectivity index (χ1n) is 4.79. The van der Waals surface area contributed by atoms with Gasteiger partial charge in [0.05, 0.1) is 10.0 Å². The largest absolute Gasteiger partial charge is 0.425 e. The summed E-state index contributed by atoms with van der Waals surface area (Å²) < 4.78 is 6.41. The molecule has 0 spiro atoms. The number of carbonyl (C=O) groups excluding carboxylic acids is 2. The third-order valence-electron chi connectivity index (χ3n) is 1.89. The van der Waals surface area contributed by atoms with Crippen LogP contribution in [0.15, 0.2) is 21.1 Å². The van der Waals surface area contributed by atoms with Crippen LogP contribution in [0.2, 0.25) is 0 Å². The van der Waals surface area contributed by atoms with E-state index in [9.17, 15) is 9.59 Å². The number of ether oxygens (including phenoxy) is 1. The second-order valence-electron chi connectivity index (χ2n) is 3.19. The molecule has 92 valence electrons. The van der Waals surface area contributed by atoms with E-state index in [-0.39, 0.29) is 12.2 Å². The minimum Gasteiger partial charge on any atom is -0.425 e. The van der Waals surface area contributed by atoms with Gasteiger partial charge in [0, 0.05) is 16.8 Å². The summed E-state index contributed by atoms with van der Waals surface area (Å²) in [6, 6.07) is 3.29. The molecule has 0 saturated heterocycles. The number of alkyl halides is 1. The molecule has 1 aromatic rings. The number of benzene rings is 1. The van der Waals surface area contributed by atoms with Crippen molar-refractivity contribution < 1.29 is 14.3 Å². The van der Waals surface area contributed by atoms with Gasteiger partial charge in [-0.15, -0.1) is 11.6 Å². The molecule has 0 radical (unpaired) electrons. The van der Waals surface area contributed by atoms with Gasteiger partial charge in [-0.1, -0.05) is 15.9 Å². The molecule has 0 heterocycles. The Morgan fingerprint density at radius 1 is 1.41 bits per heavy atom. The van der Waals surface area contributed by atoms with Crippen molar-refractivity contribution in [2.45, 2.75) is 12.8 Å². The molecule has 6 heteroatoms. The fourth-order valence-corrected chi connectivity index (χ4v) is 2.62. The lowest BCUT2D eigenvalue weighted by molar-refractivity contribution is -0.134. The Labute approximate surface area is 121 Å². The highest BCUT2D eigenvalue weighted by Gasteiger charge is 2.13. The predicted octanol–water partition coefficient (Wildman–Crippen LogP) is 3.95. The standard InChI is InChI=1S/C11H9Br2ClO3/c12-8-4-7(6-15)11(9(13)5-8)17-10(16)2-1-3-14/h4-6H,1-3H2. The summed E-state index contributed by atoms with van der Waals surface area (Å²) in [6.07, 6.45) is 1.41. The van der Waals surface area contributed by atoms with E-state index in [1.807, 2.05) is 0 Å². The van der Waals surface area contributed by atoms with E-state index in [0.717, 1.165) is 4.47 Å². The Morgan fingerprint density at radius 3 is 2.71 bits per heavy atom. The number of esters is 1. The first-order chi connectivity index (χ1) is 8.08. The number of rotatable bonds is 5. The minimum absolute atomic E-state index is 0.226. The Kier molecular flexibility index (Phi) is 6.16. The zero-order valence-corrected chi connectivity index (χ0v) is 12.6. The Balaban J connectivity index is 2.89. The number of hydrogen-bond donors (Lipinski definition) is 0. The van der Waals surface area contributed by atoms with E-state index in [4.69, 9.17) is 16.3 Å². The third kappa shape index (κ3) is 4.41. The fourth-order valence-electron chi connectivity index (χ4n) is 1.15. The molecule has 3 nitrogen and oxygen atoms in total. The molecule has 0 aliphatic heterocycles. The summed E-state index contributed by atoms with van der Waals surface area (Å²) in [7, 11) is 0. The topological polar surface area (TPSA) is 43.4 Å². The molecule has 0 amide bonds. The number of hydrogen-bond acceptors (Lipinski definition) is 3. The van der Waals surface area contributed by atoms with Gasteiger partial charge in [-0.25, -0.2) is 0 Å². The quantitative estimate of drug-likeness (QED) is 0.334. The molecular weight excluding hydrogens is 375 g/mol. The molecular formula is C11H9Br2ClO3. The van der Waals surface area contributed by atoms with Gasteiger partial charge >= 0.3 is 5.97 Å². The molecule has 0 N–H and O–H groups in total. The van der Waals surface area contributed by atoms with Crippen LogP contribution in [0.25, 0.3) is 0 Å². The van der Waals surface area contributed by atoms with Gasteiger partial charge in [0.1, 0.15) is 0 Å². The van der Waals surface area contributed by atoms with Gasteiger partial charge in [0.2, 0.25) is 0 Å². The number of aldehydes is 1. The van der Waals surface area contributed by atoms with E-state index in [1.165, 1.54) is 0 Å². The summed E-state index contributed by atoms with van der Waals surface area (Å²) >= 11 is 12.0. The van der Waals surface area contributed by atoms with Crippen molar-refractivity contribution in [2.24, 2.45) is 0 Å². The Hall–Kier alpha value is -0.390. The minimum atomic E-state index is -0.406. The van der Waals surface area contributed by atoms with Crippen molar-refractivity contribution in [3.8, 4) is 5.75 Å². The summed E-state index contributed by atoms with van der Waals surface area (Å²) in [5, 5.41) is 0. The van der Waals surface area contributed by atoms with Gasteiger partial charge in [0.15, 0.2) is 12.0 Å². The van der Waals surface area contributed by atoms with Crippen LogP contribution in [0.4, 0.5) is 0 Å². The van der Waals surface area contributed by atoms with E-state index < -0.39 is 5.97 Å². The first-order valence-corrected chi connectivity index (χ1v) is 6.91. The molecule has 1 rings (SSSR count). The fraction of sp³-hybridized carbons (Fsp3) is 0.273. The summed E-state index contributed by atoms with van der Waals surface area (Å²) in [6.45, 7) is 0. The molecule has 0 unspecified atom stereocenters. The zero-order chi connectivity index (χ0) is 12.8. The lowest BCUT2D eigenvalue weighted by Crippen LogP contribution is -2.09. The maximum atomic E-state index is 11.4. The van der Waals surface area contributed by atoms with Crippen molar-refractivity contribution in [1.29, 1.82) is 0 Å². The van der Waals surface area contributed by atoms with Crippen molar-refractivity contribution >= 4 is 55.7 Å². The van der Waals surface area contributed by atoms with Crippen molar-refractivity contribution in [2.75, 3.05) is 5.88 Å². The maximum Gasteiger partial charge on any atom is 0.311 e. The van der Waals surface area contributed by atoms with E-state index in [1.54, 1.807) is 12.1 Å². The van der Waals surface area contributed by atoms with Gasteiger partial charge in [-0.05, 0) is 34.5 Å². The van der Waals surface area contributed by atoms with Gasteiger partial charge < -0.3 is 4.74 Å². The SMILES string of the molecule is O=Cc1cc(Br)cc(Br)c1OC(=O)CCCCl. The number of halogens is 3. The predicted molar refractivity (Wildman–Crippen MR) is 72.8 cm³/mol. The van der Waals surface area contributed by atoms with Crippen LogP contribution in [0, 0.1) is 0 Å². The Morgan fingerprint density at radius 2 is 2.12 bits per heavy atom. The highest BCUT2D eigenvalue weighted by Crippen LogP contribution is 2.32. The zero-order valence-electron chi connectivity index (χ0n) is 8.71. The van der Waals surface area contributed by atoms with Crippen LogP contribution >= 0.6 is 43.5 Å². The lowest BCUT2D eigenvalue weighted by Gasteiger charge is -2.09. The average Bonchev–Trinajstić information content (AvgIpc) is 2.29. The highest BCUT2D eigenvalue weighted by molar-refractivity contribution is 9.11. The van der Waals surface area contributed by atoms with Gasteiger partial charge in [-0.2, -0.15) is 0 Å². The van der Waals surface area contributed by atoms with Crippen LogP contribution in [0.3, 0.4) is 0 Å². The van der Waals surface area contributed by atoms with Crippen LogP contribution < -0.4 is 4.74 Å². The molecule has 0 bridgehead atoms. The highest BCUT2D eigenvalue weighted by atomic mass is 79.9. The molecule has 0 fully saturated rings. The second kappa shape index (κ2) is 7.13. The summed E-state index contributed by atoms with van der Waals surface area (Å²) in [5.74, 6) is 0.233. The maximum absolute atomic E-state index is 11.4. The smallest absolute Gasteiger partial charge is 0.311 e. The molecule has 1 aromatic carbocycles. The van der Waals surface area contributed by atoms with E-state index in [2.05, 4.69) is 31.9 Å². The van der Waals surface area contributed by atoms with Crippen molar-refractivity contribution in [1.82, 2.24) is 0 Å². The normalized spacial score (nSPS) is 10.1. The van der Waals surface area contributed by atoms with Crippen LogP contribution in [-0.4, -0.2) is 18.1 Å². The van der Waals surface area contributed by atoms with Crippen LogP contribution in [0.1, 0.15) is 23.2 Å². The van der Waals surface area contributed by atoms with Crippen LogP contribution in [0.5, 0.6) is 5.75 Å². The number of carbonyl (C=O) groups is 2. The van der Waals surface area contributed by atoms with E-state index in [0.29, 0.717) is 28.6 Å². The summed E-state index contributed by atoms with van der Waals surface area (Å²) in [5.41, 5.74) is 0.311. The third-order valence-corrected chi connectivity index (χ3v) is 3.21. The first kappa shape index (κ1) is 14.7. The van der Waals surface area contributed by atoms with Crippen molar-refractivity contribution in [3.63, 3.8) is 0 Å². The Bertz CT molecular complexity index is 435. The molecule has 0 aliphatic rings. The van der Waals surface area contributed by atoms with Crippen LogP contribution in [-0.2, 0) is 4.79 Å². The van der Waals surface area contributed by atoms with Gasteiger partial charge in [-0.3, -0.25) is 9.59 Å².